The van der Waals surface area contributed by atoms with E-state index in [1.165, 1.54) is 0 Å². The molecule has 0 saturated carbocycles. The van der Waals surface area contributed by atoms with E-state index in [1.54, 1.807) is 13.3 Å². The molecule has 1 aromatic carbocycles. The maximum atomic E-state index is 6.03. The lowest BCUT2D eigenvalue weighted by Crippen LogP contribution is -2.20. The summed E-state index contributed by atoms with van der Waals surface area (Å²) in [5.41, 5.74) is 10.3. The number of nitrogens with zero attached hydrogens (tertiary/aromatic N) is 1. The van der Waals surface area contributed by atoms with Crippen LogP contribution >= 0.6 is 0 Å². The molecule has 1 aromatic heterocycles. The average Bonchev–Trinajstić information content (AvgIpc) is 2.44. The molecule has 1 atom stereocenters. The topological polar surface area (TPSA) is 60.2 Å². The van der Waals surface area contributed by atoms with Crippen molar-refractivity contribution >= 4 is 5.82 Å². The van der Waals surface area contributed by atoms with Gasteiger partial charge in [0, 0.05) is 17.3 Å². The zero-order chi connectivity index (χ0) is 14.7. The summed E-state index contributed by atoms with van der Waals surface area (Å²) in [4.78, 5) is 4.24. The Kier molecular flexibility index (Phi) is 4.25. The summed E-state index contributed by atoms with van der Waals surface area (Å²) < 4.78 is 5.50. The van der Waals surface area contributed by atoms with Crippen molar-refractivity contribution < 1.29 is 4.74 Å². The Hall–Kier alpha value is -2.07. The number of hydrogen-bond acceptors (Lipinski definition) is 4. The van der Waals surface area contributed by atoms with Gasteiger partial charge in [0.15, 0.2) is 0 Å². The lowest BCUT2D eigenvalue weighted by atomic mass is 9.96. The second-order valence-electron chi connectivity index (χ2n) is 4.95. The Balaban J connectivity index is 2.55. The van der Waals surface area contributed by atoms with Crippen LogP contribution in [0.1, 0.15) is 28.3 Å². The van der Waals surface area contributed by atoms with Gasteiger partial charge in [0.2, 0.25) is 0 Å². The monoisotopic (exact) mass is 271 g/mol. The lowest BCUT2D eigenvalue weighted by Gasteiger charge is -2.21. The van der Waals surface area contributed by atoms with Gasteiger partial charge in [-0.2, -0.15) is 0 Å². The SMILES string of the molecule is CNC(c1ccc(C)cc1OC)c1cc(C)cnc1N. The second-order valence-corrected chi connectivity index (χ2v) is 4.95. The number of benzene rings is 1. The van der Waals surface area contributed by atoms with E-state index in [0.717, 1.165) is 28.0 Å². The zero-order valence-corrected chi connectivity index (χ0v) is 12.4. The van der Waals surface area contributed by atoms with E-state index in [1.807, 2.05) is 27.0 Å². The fourth-order valence-electron chi connectivity index (χ4n) is 2.37. The van der Waals surface area contributed by atoms with E-state index in [-0.39, 0.29) is 6.04 Å². The predicted octanol–water partition coefficient (Wildman–Crippen LogP) is 2.60. The molecule has 1 heterocycles. The molecular formula is C16H21N3O. The number of nitrogens with two attached hydrogens (primary N) is 1. The number of pyridine rings is 1. The largest absolute Gasteiger partial charge is 0.496 e. The van der Waals surface area contributed by atoms with Crippen molar-refractivity contribution in [2.24, 2.45) is 0 Å². The second kappa shape index (κ2) is 5.92. The van der Waals surface area contributed by atoms with Gasteiger partial charge < -0.3 is 15.8 Å². The summed E-state index contributed by atoms with van der Waals surface area (Å²) in [6.07, 6.45) is 1.78. The highest BCUT2D eigenvalue weighted by atomic mass is 16.5. The fraction of sp³-hybridized carbons (Fsp3) is 0.312. The molecule has 0 fully saturated rings. The highest BCUT2D eigenvalue weighted by Crippen LogP contribution is 2.32. The number of aromatic nitrogens is 1. The summed E-state index contributed by atoms with van der Waals surface area (Å²) in [5, 5.41) is 3.30. The smallest absolute Gasteiger partial charge is 0.128 e. The molecule has 3 N–H and O–H groups in total. The van der Waals surface area contributed by atoms with Crippen molar-refractivity contribution in [3.63, 3.8) is 0 Å². The van der Waals surface area contributed by atoms with E-state index >= 15 is 0 Å². The Morgan fingerprint density at radius 2 is 1.90 bits per heavy atom. The summed E-state index contributed by atoms with van der Waals surface area (Å²) in [7, 11) is 3.59. The normalized spacial score (nSPS) is 12.2. The maximum absolute atomic E-state index is 6.03. The van der Waals surface area contributed by atoms with Gasteiger partial charge in [-0.25, -0.2) is 4.98 Å². The van der Waals surface area contributed by atoms with Crippen molar-refractivity contribution in [3.8, 4) is 5.75 Å². The van der Waals surface area contributed by atoms with Crippen molar-refractivity contribution in [1.82, 2.24) is 10.3 Å². The number of methoxy groups -OCH3 is 1. The van der Waals surface area contributed by atoms with E-state index < -0.39 is 0 Å². The van der Waals surface area contributed by atoms with E-state index in [9.17, 15) is 0 Å². The van der Waals surface area contributed by atoms with Gasteiger partial charge in [0.05, 0.1) is 13.2 Å². The Morgan fingerprint density at radius 1 is 1.15 bits per heavy atom. The van der Waals surface area contributed by atoms with E-state index in [4.69, 9.17) is 10.5 Å². The van der Waals surface area contributed by atoms with Gasteiger partial charge in [-0.15, -0.1) is 0 Å². The first kappa shape index (κ1) is 14.3. The molecule has 0 amide bonds. The molecule has 2 rings (SSSR count). The molecule has 0 bridgehead atoms. The van der Waals surface area contributed by atoms with Gasteiger partial charge in [-0.3, -0.25) is 0 Å². The standard InChI is InChI=1S/C16H21N3O/c1-10-5-6-12(14(8-10)20-4)15(18-3)13-7-11(2)9-19-16(13)17/h5-9,15,18H,1-4H3,(H2,17,19). The molecule has 0 aliphatic carbocycles. The fourth-order valence-corrected chi connectivity index (χ4v) is 2.37. The summed E-state index contributed by atoms with van der Waals surface area (Å²) in [5.74, 6) is 1.39. The van der Waals surface area contributed by atoms with Crippen LogP contribution in [0.3, 0.4) is 0 Å². The van der Waals surface area contributed by atoms with Gasteiger partial charge in [-0.1, -0.05) is 12.1 Å². The average molecular weight is 271 g/mol. The van der Waals surface area contributed by atoms with Crippen molar-refractivity contribution in [3.05, 3.63) is 52.7 Å². The highest BCUT2D eigenvalue weighted by molar-refractivity contribution is 5.51. The Bertz CT molecular complexity index is 611. The van der Waals surface area contributed by atoms with Crippen molar-refractivity contribution in [2.75, 3.05) is 19.9 Å². The summed E-state index contributed by atoms with van der Waals surface area (Å²) in [6, 6.07) is 8.18. The number of rotatable bonds is 4. The van der Waals surface area contributed by atoms with Crippen LogP contribution in [0.5, 0.6) is 5.75 Å². The third-order valence-electron chi connectivity index (χ3n) is 3.39. The minimum Gasteiger partial charge on any atom is -0.496 e. The number of aryl methyl sites for hydroxylation is 2. The first-order chi connectivity index (χ1) is 9.56. The predicted molar refractivity (Wildman–Crippen MR) is 82.0 cm³/mol. The van der Waals surface area contributed by atoms with Crippen LogP contribution in [0.25, 0.3) is 0 Å². The van der Waals surface area contributed by atoms with Gasteiger partial charge >= 0.3 is 0 Å². The number of ether oxygens (including phenoxy) is 1. The zero-order valence-electron chi connectivity index (χ0n) is 12.4. The van der Waals surface area contributed by atoms with E-state index in [2.05, 4.69) is 28.5 Å². The molecule has 0 radical (unpaired) electrons. The van der Waals surface area contributed by atoms with E-state index in [0.29, 0.717) is 5.82 Å². The minimum absolute atomic E-state index is 0.0436. The molecular weight excluding hydrogens is 250 g/mol. The van der Waals surface area contributed by atoms with Crippen molar-refractivity contribution in [2.45, 2.75) is 19.9 Å². The summed E-state index contributed by atoms with van der Waals surface area (Å²) in [6.45, 7) is 4.05. The van der Waals surface area contributed by atoms with Crippen LogP contribution in [0, 0.1) is 13.8 Å². The number of nitrogens with one attached hydrogen (secondary N) is 1. The van der Waals surface area contributed by atoms with Crippen LogP contribution in [-0.4, -0.2) is 19.1 Å². The lowest BCUT2D eigenvalue weighted by molar-refractivity contribution is 0.405. The number of hydrogen-bond donors (Lipinski definition) is 2. The molecule has 0 aliphatic heterocycles. The summed E-state index contributed by atoms with van der Waals surface area (Å²) >= 11 is 0. The third-order valence-corrected chi connectivity index (χ3v) is 3.39. The van der Waals surface area contributed by atoms with Gasteiger partial charge in [0.1, 0.15) is 11.6 Å². The molecule has 20 heavy (non-hydrogen) atoms. The first-order valence-corrected chi connectivity index (χ1v) is 6.60. The number of anilines is 1. The molecule has 106 valence electrons. The van der Waals surface area contributed by atoms with Crippen LogP contribution in [0.4, 0.5) is 5.82 Å². The molecule has 1 unspecified atom stereocenters. The third kappa shape index (κ3) is 2.75. The molecule has 0 spiro atoms. The highest BCUT2D eigenvalue weighted by Gasteiger charge is 2.19. The Morgan fingerprint density at radius 3 is 2.55 bits per heavy atom. The molecule has 0 saturated heterocycles. The molecule has 4 heteroatoms. The van der Waals surface area contributed by atoms with Crippen molar-refractivity contribution in [1.29, 1.82) is 0 Å². The molecule has 4 nitrogen and oxygen atoms in total. The van der Waals surface area contributed by atoms with Crippen LogP contribution < -0.4 is 15.8 Å². The van der Waals surface area contributed by atoms with Crippen LogP contribution in [0.2, 0.25) is 0 Å². The first-order valence-electron chi connectivity index (χ1n) is 6.60. The quantitative estimate of drug-likeness (QED) is 0.897. The molecule has 2 aromatic rings. The number of nitrogen functional groups attached to an aromatic ring is 1. The maximum Gasteiger partial charge on any atom is 0.128 e. The minimum atomic E-state index is -0.0436. The van der Waals surface area contributed by atoms with Crippen LogP contribution in [-0.2, 0) is 0 Å². The molecule has 0 aliphatic rings. The van der Waals surface area contributed by atoms with Gasteiger partial charge in [0.25, 0.3) is 0 Å². The Labute approximate surface area is 120 Å². The van der Waals surface area contributed by atoms with Gasteiger partial charge in [-0.05, 0) is 44.2 Å². The van der Waals surface area contributed by atoms with Crippen LogP contribution in [0.15, 0.2) is 30.5 Å².